The third-order valence-corrected chi connectivity index (χ3v) is 7.38. The lowest BCUT2D eigenvalue weighted by Crippen LogP contribution is -2.38. The van der Waals surface area contributed by atoms with Crippen LogP contribution in [0.25, 0.3) is 10.8 Å². The monoisotopic (exact) mass is 494 g/mol. The first-order valence-corrected chi connectivity index (χ1v) is 12.3. The highest BCUT2D eigenvalue weighted by atomic mass is 35.5. The van der Waals surface area contributed by atoms with E-state index < -0.39 is 22.5 Å². The van der Waals surface area contributed by atoms with Crippen LogP contribution in [-0.4, -0.2) is 28.0 Å². The van der Waals surface area contributed by atoms with Crippen LogP contribution >= 0.6 is 11.6 Å². The van der Waals surface area contributed by atoms with Crippen molar-refractivity contribution in [2.24, 2.45) is 0 Å². The first-order chi connectivity index (χ1) is 16.3. The molecule has 34 heavy (non-hydrogen) atoms. The smallest absolute Gasteiger partial charge is 0.264 e. The van der Waals surface area contributed by atoms with Crippen molar-refractivity contribution in [1.82, 2.24) is 0 Å². The number of hydrogen-bond acceptors (Lipinski definition) is 4. The van der Waals surface area contributed by atoms with Gasteiger partial charge in [-0.15, -0.1) is 0 Å². The highest BCUT2D eigenvalue weighted by molar-refractivity contribution is 7.92. The van der Waals surface area contributed by atoms with Crippen molar-refractivity contribution >= 4 is 49.7 Å². The summed E-state index contributed by atoms with van der Waals surface area (Å²) in [6.45, 7) is 1.39. The molecular weight excluding hydrogens is 472 g/mol. The number of aryl methyl sites for hydroxylation is 1. The molecule has 4 aromatic rings. The SMILES string of the molecule is COc1ccc(Cl)cc1N(CC(=O)Nc1cccc2ccccc12)S(=O)(=O)c1ccc(C)cc1. The van der Waals surface area contributed by atoms with Crippen LogP contribution in [0.2, 0.25) is 5.02 Å². The predicted octanol–water partition coefficient (Wildman–Crippen LogP) is 5.64. The van der Waals surface area contributed by atoms with Crippen LogP contribution in [0.3, 0.4) is 0 Å². The number of methoxy groups -OCH3 is 1. The van der Waals surface area contributed by atoms with Crippen LogP contribution in [0.1, 0.15) is 5.56 Å². The molecule has 0 radical (unpaired) electrons. The molecule has 174 valence electrons. The second-order valence-electron chi connectivity index (χ2n) is 7.72. The predicted molar refractivity (Wildman–Crippen MR) is 136 cm³/mol. The van der Waals surface area contributed by atoms with Gasteiger partial charge in [0.25, 0.3) is 10.0 Å². The van der Waals surface area contributed by atoms with Gasteiger partial charge in [0.15, 0.2) is 0 Å². The van der Waals surface area contributed by atoms with Gasteiger partial charge in [0.1, 0.15) is 12.3 Å². The topological polar surface area (TPSA) is 75.7 Å². The molecule has 1 N–H and O–H groups in total. The Bertz CT molecular complexity index is 1450. The van der Waals surface area contributed by atoms with Gasteiger partial charge in [-0.25, -0.2) is 8.42 Å². The molecule has 0 aliphatic carbocycles. The molecule has 4 rings (SSSR count). The Labute approximate surface area is 203 Å². The number of anilines is 2. The highest BCUT2D eigenvalue weighted by Gasteiger charge is 2.30. The molecule has 0 aliphatic rings. The van der Waals surface area contributed by atoms with E-state index >= 15 is 0 Å². The van der Waals surface area contributed by atoms with Crippen molar-refractivity contribution in [2.75, 3.05) is 23.3 Å². The zero-order valence-corrected chi connectivity index (χ0v) is 20.2. The van der Waals surface area contributed by atoms with Crippen molar-refractivity contribution < 1.29 is 17.9 Å². The van der Waals surface area contributed by atoms with Gasteiger partial charge in [0.2, 0.25) is 5.91 Å². The van der Waals surface area contributed by atoms with E-state index in [-0.39, 0.29) is 16.3 Å². The zero-order valence-electron chi connectivity index (χ0n) is 18.7. The molecule has 0 aromatic heterocycles. The standard InChI is InChI=1S/C26H23ClN2O4S/c1-18-10-13-21(14-11-18)34(31,32)29(24-16-20(27)12-15-25(24)33-2)17-26(30)28-23-9-5-7-19-6-3-4-8-22(19)23/h3-16H,17H2,1-2H3,(H,28,30). The second kappa shape index (κ2) is 9.75. The maximum absolute atomic E-state index is 13.7. The van der Waals surface area contributed by atoms with Gasteiger partial charge in [-0.05, 0) is 48.7 Å². The Hall–Kier alpha value is -3.55. The number of sulfonamides is 1. The summed E-state index contributed by atoms with van der Waals surface area (Å²) >= 11 is 6.19. The molecule has 0 saturated heterocycles. The number of rotatable bonds is 7. The summed E-state index contributed by atoms with van der Waals surface area (Å²) in [5.41, 5.74) is 1.68. The van der Waals surface area contributed by atoms with Crippen LogP contribution < -0.4 is 14.4 Å². The highest BCUT2D eigenvalue weighted by Crippen LogP contribution is 2.35. The van der Waals surface area contributed by atoms with Crippen molar-refractivity contribution in [3.05, 3.63) is 95.5 Å². The Balaban J connectivity index is 1.75. The minimum Gasteiger partial charge on any atom is -0.495 e. The van der Waals surface area contributed by atoms with E-state index in [4.69, 9.17) is 16.3 Å². The normalized spacial score (nSPS) is 11.3. The Morgan fingerprint density at radius 1 is 0.971 bits per heavy atom. The van der Waals surface area contributed by atoms with E-state index in [0.717, 1.165) is 20.6 Å². The van der Waals surface area contributed by atoms with Crippen molar-refractivity contribution in [3.63, 3.8) is 0 Å². The number of fused-ring (bicyclic) bond motifs is 1. The Morgan fingerprint density at radius 2 is 1.68 bits per heavy atom. The molecule has 4 aromatic carbocycles. The zero-order chi connectivity index (χ0) is 24.3. The maximum atomic E-state index is 13.7. The molecule has 0 unspecified atom stereocenters. The van der Waals surface area contributed by atoms with Crippen LogP contribution in [0, 0.1) is 6.92 Å². The molecule has 0 spiro atoms. The van der Waals surface area contributed by atoms with E-state index in [0.29, 0.717) is 10.7 Å². The summed E-state index contributed by atoms with van der Waals surface area (Å²) in [6, 6.07) is 24.2. The third kappa shape index (κ3) is 4.85. The minimum absolute atomic E-state index is 0.0538. The first kappa shape index (κ1) is 23.6. The molecule has 0 fully saturated rings. The van der Waals surface area contributed by atoms with Crippen LogP contribution in [-0.2, 0) is 14.8 Å². The third-order valence-electron chi connectivity index (χ3n) is 5.37. The van der Waals surface area contributed by atoms with Crippen LogP contribution in [0.4, 0.5) is 11.4 Å². The number of nitrogens with zero attached hydrogens (tertiary/aromatic N) is 1. The number of carbonyl (C=O) groups excluding carboxylic acids is 1. The largest absolute Gasteiger partial charge is 0.495 e. The summed E-state index contributed by atoms with van der Waals surface area (Å²) < 4.78 is 33.8. The molecule has 6 nitrogen and oxygen atoms in total. The molecule has 1 amide bonds. The van der Waals surface area contributed by atoms with E-state index in [9.17, 15) is 13.2 Å². The molecule has 0 heterocycles. The summed E-state index contributed by atoms with van der Waals surface area (Å²) in [6.07, 6.45) is 0. The van der Waals surface area contributed by atoms with Gasteiger partial charge >= 0.3 is 0 Å². The number of benzene rings is 4. The lowest BCUT2D eigenvalue weighted by molar-refractivity contribution is -0.114. The number of ether oxygens (including phenoxy) is 1. The fourth-order valence-corrected chi connectivity index (χ4v) is 5.24. The van der Waals surface area contributed by atoms with Crippen LogP contribution in [0.15, 0.2) is 89.8 Å². The van der Waals surface area contributed by atoms with Gasteiger partial charge in [-0.2, -0.15) is 0 Å². The fourth-order valence-electron chi connectivity index (χ4n) is 3.65. The summed E-state index contributed by atoms with van der Waals surface area (Å²) in [5.74, 6) is -0.230. The van der Waals surface area contributed by atoms with E-state index in [1.807, 2.05) is 43.3 Å². The molecule has 0 saturated carbocycles. The molecule has 8 heteroatoms. The van der Waals surface area contributed by atoms with Crippen LogP contribution in [0.5, 0.6) is 5.75 Å². The average molecular weight is 495 g/mol. The molecule has 0 aliphatic heterocycles. The van der Waals surface area contributed by atoms with Gasteiger partial charge in [-0.1, -0.05) is 65.7 Å². The summed E-state index contributed by atoms with van der Waals surface area (Å²) in [5, 5.41) is 4.98. The van der Waals surface area contributed by atoms with Gasteiger partial charge in [0, 0.05) is 16.1 Å². The first-order valence-electron chi connectivity index (χ1n) is 10.5. The van der Waals surface area contributed by atoms with E-state index in [1.165, 1.54) is 25.3 Å². The van der Waals surface area contributed by atoms with E-state index in [2.05, 4.69) is 5.32 Å². The van der Waals surface area contributed by atoms with Gasteiger partial charge in [-0.3, -0.25) is 9.10 Å². The number of carbonyl (C=O) groups is 1. The number of amides is 1. The molecular formula is C26H23ClN2O4S. The van der Waals surface area contributed by atoms with Crippen molar-refractivity contribution in [3.8, 4) is 5.75 Å². The van der Waals surface area contributed by atoms with Crippen molar-refractivity contribution in [2.45, 2.75) is 11.8 Å². The quantitative estimate of drug-likeness (QED) is 0.360. The number of nitrogens with one attached hydrogen (secondary N) is 1. The fraction of sp³-hybridized carbons (Fsp3) is 0.115. The lowest BCUT2D eigenvalue weighted by Gasteiger charge is -2.26. The van der Waals surface area contributed by atoms with Gasteiger partial charge < -0.3 is 10.1 Å². The molecule has 0 bridgehead atoms. The number of hydrogen-bond donors (Lipinski definition) is 1. The molecule has 0 atom stereocenters. The summed E-state index contributed by atoms with van der Waals surface area (Å²) in [7, 11) is -2.69. The van der Waals surface area contributed by atoms with E-state index in [1.54, 1.807) is 30.3 Å². The Kier molecular flexibility index (Phi) is 6.77. The average Bonchev–Trinajstić information content (AvgIpc) is 2.83. The van der Waals surface area contributed by atoms with Gasteiger partial charge in [0.05, 0.1) is 17.7 Å². The second-order valence-corrected chi connectivity index (χ2v) is 10.0. The lowest BCUT2D eigenvalue weighted by atomic mass is 10.1. The minimum atomic E-state index is -4.12. The number of halogens is 1. The maximum Gasteiger partial charge on any atom is 0.264 e. The Morgan fingerprint density at radius 3 is 2.41 bits per heavy atom. The summed E-state index contributed by atoms with van der Waals surface area (Å²) in [4.78, 5) is 13.2. The van der Waals surface area contributed by atoms with Crippen molar-refractivity contribution in [1.29, 1.82) is 0 Å².